The van der Waals surface area contributed by atoms with Crippen molar-refractivity contribution in [3.05, 3.63) is 0 Å². The number of hydrogen-bond donors (Lipinski definition) is 1. The van der Waals surface area contributed by atoms with Crippen molar-refractivity contribution in [2.45, 2.75) is 19.8 Å². The van der Waals surface area contributed by atoms with E-state index < -0.39 is 10.0 Å². The summed E-state index contributed by atoms with van der Waals surface area (Å²) in [6, 6.07) is 0. The van der Waals surface area contributed by atoms with E-state index in [0.29, 0.717) is 6.61 Å². The number of halogens is 1. The Morgan fingerprint density at radius 3 is 2.67 bits per heavy atom. The van der Waals surface area contributed by atoms with Gasteiger partial charge in [-0.25, -0.2) is 13.1 Å². The Hall–Kier alpha value is -0.330. The predicted molar refractivity (Wildman–Crippen MR) is 58.4 cm³/mol. The van der Waals surface area contributed by atoms with Gasteiger partial charge in [0.2, 0.25) is 10.0 Å². The van der Waals surface area contributed by atoms with Gasteiger partial charge in [0.1, 0.15) is 0 Å². The molecule has 0 aliphatic rings. The van der Waals surface area contributed by atoms with Gasteiger partial charge in [0, 0.05) is 18.8 Å². The summed E-state index contributed by atoms with van der Waals surface area (Å²) in [5.41, 5.74) is 0. The normalized spacial score (nSPS) is 11.3. The minimum atomic E-state index is -3.30. The van der Waals surface area contributed by atoms with Crippen LogP contribution in [0.1, 0.15) is 19.8 Å². The Bertz CT molecular complexity index is 278. The summed E-state index contributed by atoms with van der Waals surface area (Å²) in [4.78, 5) is 10.9. The number of esters is 1. The first-order valence-electron chi connectivity index (χ1n) is 4.70. The third-order valence-electron chi connectivity index (χ3n) is 1.52. The quantitative estimate of drug-likeness (QED) is 0.507. The van der Waals surface area contributed by atoms with E-state index in [1.54, 1.807) is 6.92 Å². The lowest BCUT2D eigenvalue weighted by atomic mass is 10.3. The number of hydrogen-bond acceptors (Lipinski definition) is 4. The van der Waals surface area contributed by atoms with Gasteiger partial charge in [-0.1, -0.05) is 0 Å². The van der Waals surface area contributed by atoms with Crippen LogP contribution in [0.25, 0.3) is 0 Å². The number of rotatable bonds is 8. The summed E-state index contributed by atoms with van der Waals surface area (Å²) in [7, 11) is -3.30. The summed E-state index contributed by atoms with van der Waals surface area (Å²) in [6.45, 7) is 2.23. The standard InChI is InChI=1S/C8H16ClNO4S/c1-2-14-8(11)4-3-7-15(12,13)10-6-5-9/h10H,2-7H2,1H3. The topological polar surface area (TPSA) is 72.5 Å². The molecule has 0 saturated carbocycles. The van der Waals surface area contributed by atoms with Gasteiger partial charge in [-0.05, 0) is 13.3 Å². The van der Waals surface area contributed by atoms with Gasteiger partial charge in [0.15, 0.2) is 0 Å². The maximum absolute atomic E-state index is 11.2. The van der Waals surface area contributed by atoms with Crippen molar-refractivity contribution in [3.63, 3.8) is 0 Å². The zero-order chi connectivity index (χ0) is 11.7. The Balaban J connectivity index is 3.70. The lowest BCUT2D eigenvalue weighted by Gasteiger charge is -2.04. The Morgan fingerprint density at radius 2 is 2.13 bits per heavy atom. The second-order valence-electron chi connectivity index (χ2n) is 2.81. The minimum absolute atomic E-state index is 0.0807. The van der Waals surface area contributed by atoms with Crippen molar-refractivity contribution in [2.75, 3.05) is 24.8 Å². The van der Waals surface area contributed by atoms with Crippen LogP contribution in [-0.2, 0) is 19.6 Å². The highest BCUT2D eigenvalue weighted by molar-refractivity contribution is 7.89. The molecule has 0 aliphatic heterocycles. The summed E-state index contributed by atoms with van der Waals surface area (Å²) >= 11 is 5.33. The Kier molecular flexibility index (Phi) is 7.72. The van der Waals surface area contributed by atoms with Crippen LogP contribution in [0.4, 0.5) is 0 Å². The van der Waals surface area contributed by atoms with Crippen molar-refractivity contribution in [3.8, 4) is 0 Å². The average Bonchev–Trinajstić information content (AvgIpc) is 2.15. The van der Waals surface area contributed by atoms with Gasteiger partial charge in [-0.15, -0.1) is 11.6 Å². The smallest absolute Gasteiger partial charge is 0.305 e. The summed E-state index contributed by atoms with van der Waals surface area (Å²) < 4.78 is 29.4. The predicted octanol–water partition coefficient (Wildman–Crippen LogP) is 0.488. The van der Waals surface area contributed by atoms with Crippen molar-refractivity contribution in [1.82, 2.24) is 4.72 Å². The second-order valence-corrected chi connectivity index (χ2v) is 5.12. The van der Waals surface area contributed by atoms with E-state index in [9.17, 15) is 13.2 Å². The number of ether oxygens (including phenoxy) is 1. The van der Waals surface area contributed by atoms with Crippen LogP contribution in [0.15, 0.2) is 0 Å². The van der Waals surface area contributed by atoms with Gasteiger partial charge in [0.25, 0.3) is 0 Å². The van der Waals surface area contributed by atoms with E-state index in [1.807, 2.05) is 0 Å². The number of carbonyl (C=O) groups is 1. The van der Waals surface area contributed by atoms with E-state index >= 15 is 0 Å². The van der Waals surface area contributed by atoms with E-state index in [1.165, 1.54) is 0 Å². The number of sulfonamides is 1. The first kappa shape index (κ1) is 14.7. The SMILES string of the molecule is CCOC(=O)CCCS(=O)(=O)NCCCl. The van der Waals surface area contributed by atoms with Crippen molar-refractivity contribution in [1.29, 1.82) is 0 Å². The first-order chi connectivity index (χ1) is 7.02. The molecule has 5 nitrogen and oxygen atoms in total. The molecule has 0 atom stereocenters. The number of carbonyl (C=O) groups excluding carboxylic acids is 1. The molecule has 0 amide bonds. The zero-order valence-electron chi connectivity index (χ0n) is 8.66. The highest BCUT2D eigenvalue weighted by atomic mass is 35.5. The Morgan fingerprint density at radius 1 is 1.47 bits per heavy atom. The lowest BCUT2D eigenvalue weighted by molar-refractivity contribution is -0.143. The van der Waals surface area contributed by atoms with Crippen molar-refractivity contribution < 1.29 is 17.9 Å². The first-order valence-corrected chi connectivity index (χ1v) is 6.89. The summed E-state index contributed by atoms with van der Waals surface area (Å²) in [5, 5.41) is 0. The molecule has 0 unspecified atom stereocenters. The third kappa shape index (κ3) is 8.65. The molecule has 90 valence electrons. The van der Waals surface area contributed by atoms with Crippen LogP contribution in [0.5, 0.6) is 0 Å². The molecule has 0 bridgehead atoms. The maximum atomic E-state index is 11.2. The van der Waals surface area contributed by atoms with Gasteiger partial charge in [0.05, 0.1) is 12.4 Å². The second kappa shape index (κ2) is 7.90. The van der Waals surface area contributed by atoms with E-state index in [-0.39, 0.29) is 37.0 Å². The van der Waals surface area contributed by atoms with Crippen LogP contribution in [-0.4, -0.2) is 39.2 Å². The van der Waals surface area contributed by atoms with Crippen LogP contribution in [0, 0.1) is 0 Å². The van der Waals surface area contributed by atoms with Crippen LogP contribution >= 0.6 is 11.6 Å². The summed E-state index contributed by atoms with van der Waals surface area (Å²) in [5.74, 6) is -0.218. The Labute approximate surface area is 95.2 Å². The van der Waals surface area contributed by atoms with E-state index in [0.717, 1.165) is 0 Å². The molecule has 1 N–H and O–H groups in total. The van der Waals surface area contributed by atoms with Gasteiger partial charge in [-0.2, -0.15) is 0 Å². The van der Waals surface area contributed by atoms with Crippen molar-refractivity contribution >= 4 is 27.6 Å². The largest absolute Gasteiger partial charge is 0.466 e. The fourth-order valence-corrected chi connectivity index (χ4v) is 2.19. The molecular formula is C8H16ClNO4S. The van der Waals surface area contributed by atoms with Crippen LogP contribution in [0.2, 0.25) is 0 Å². The fraction of sp³-hybridized carbons (Fsp3) is 0.875. The van der Waals surface area contributed by atoms with Crippen LogP contribution < -0.4 is 4.72 Å². The van der Waals surface area contributed by atoms with Crippen LogP contribution in [0.3, 0.4) is 0 Å². The van der Waals surface area contributed by atoms with E-state index in [2.05, 4.69) is 9.46 Å². The molecule has 15 heavy (non-hydrogen) atoms. The number of nitrogens with one attached hydrogen (secondary N) is 1. The molecule has 0 aromatic rings. The van der Waals surface area contributed by atoms with Gasteiger partial charge >= 0.3 is 5.97 Å². The average molecular weight is 258 g/mol. The van der Waals surface area contributed by atoms with Crippen molar-refractivity contribution in [2.24, 2.45) is 0 Å². The lowest BCUT2D eigenvalue weighted by Crippen LogP contribution is -2.28. The molecular weight excluding hydrogens is 242 g/mol. The molecule has 0 rings (SSSR count). The van der Waals surface area contributed by atoms with Gasteiger partial charge in [-0.3, -0.25) is 4.79 Å². The molecule has 0 saturated heterocycles. The molecule has 0 aromatic carbocycles. The molecule has 0 aliphatic carbocycles. The summed E-state index contributed by atoms with van der Waals surface area (Å²) in [6.07, 6.45) is 0.381. The molecule has 0 radical (unpaired) electrons. The fourth-order valence-electron chi connectivity index (χ4n) is 0.906. The monoisotopic (exact) mass is 257 g/mol. The molecule has 0 aromatic heterocycles. The molecule has 0 fully saturated rings. The van der Waals surface area contributed by atoms with E-state index in [4.69, 9.17) is 11.6 Å². The highest BCUT2D eigenvalue weighted by Crippen LogP contribution is 1.97. The van der Waals surface area contributed by atoms with Gasteiger partial charge < -0.3 is 4.74 Å². The zero-order valence-corrected chi connectivity index (χ0v) is 10.2. The third-order valence-corrected chi connectivity index (χ3v) is 3.17. The molecule has 0 spiro atoms. The minimum Gasteiger partial charge on any atom is -0.466 e. The molecule has 7 heteroatoms. The molecule has 0 heterocycles. The maximum Gasteiger partial charge on any atom is 0.305 e. The highest BCUT2D eigenvalue weighted by Gasteiger charge is 2.10. The number of alkyl halides is 1.